The number of amides is 8. The van der Waals surface area contributed by atoms with Gasteiger partial charge in [0.25, 0.3) is 0 Å². The molecule has 24 heteroatoms. The van der Waals surface area contributed by atoms with E-state index in [0.717, 1.165) is 86.0 Å². The normalized spacial score (nSPS) is 20.1. The summed E-state index contributed by atoms with van der Waals surface area (Å²) < 4.78 is 61.8. The van der Waals surface area contributed by atoms with Crippen LogP contribution in [0.3, 0.4) is 0 Å². The molecular weight excluding hydrogens is 1450 g/mol. The predicted molar refractivity (Wildman–Crippen MR) is 423 cm³/mol. The van der Waals surface area contributed by atoms with E-state index in [1.165, 1.54) is 42.5 Å². The van der Waals surface area contributed by atoms with Crippen LogP contribution in [0.25, 0.3) is 0 Å². The fraction of sp³-hybridized carbons (Fsp3) is 0.512. The number of rotatable bonds is 17. The molecule has 4 atom stereocenters. The van der Waals surface area contributed by atoms with E-state index in [9.17, 15) is 41.9 Å². The van der Waals surface area contributed by atoms with Gasteiger partial charge in [-0.25, -0.2) is 27.2 Å². The molecule has 1 unspecified atom stereocenters. The van der Waals surface area contributed by atoms with Gasteiger partial charge in [0.1, 0.15) is 23.3 Å². The van der Waals surface area contributed by atoms with Crippen molar-refractivity contribution in [3.05, 3.63) is 212 Å². The molecule has 6 saturated heterocycles. The fourth-order valence-electron chi connectivity index (χ4n) is 16.9. The summed E-state index contributed by atoms with van der Waals surface area (Å²) in [7, 11) is 1.69. The number of benzene rings is 6. The van der Waals surface area contributed by atoms with Gasteiger partial charge in [-0.15, -0.1) is 0 Å². The van der Waals surface area contributed by atoms with Gasteiger partial charge in [-0.1, -0.05) is 144 Å². The quantitative estimate of drug-likeness (QED) is 0.0830. The minimum Gasteiger partial charge on any atom is -0.382 e. The maximum atomic E-state index is 15.0. The van der Waals surface area contributed by atoms with E-state index in [-0.39, 0.29) is 106 Å². The molecule has 0 bridgehead atoms. The highest BCUT2D eigenvalue weighted by molar-refractivity contribution is 6.30. The van der Waals surface area contributed by atoms with Crippen LogP contribution in [0.4, 0.5) is 27.2 Å². The van der Waals surface area contributed by atoms with Crippen LogP contribution in [0.2, 0.25) is 10.0 Å². The fourth-order valence-corrected chi connectivity index (χ4v) is 17.2. The average Bonchev–Trinajstić information content (AvgIpc) is 0.783. The van der Waals surface area contributed by atoms with Gasteiger partial charge in [-0.05, 0) is 162 Å². The summed E-state index contributed by atoms with van der Waals surface area (Å²) in [6.45, 7) is 24.5. The van der Waals surface area contributed by atoms with Gasteiger partial charge in [-0.2, -0.15) is 0 Å². The Hall–Kier alpha value is -8.12. The van der Waals surface area contributed by atoms with E-state index in [1.807, 2.05) is 49.9 Å². The summed E-state index contributed by atoms with van der Waals surface area (Å²) >= 11 is 12.4. The molecule has 0 saturated carbocycles. The Morgan fingerprint density at radius 3 is 1.06 bits per heavy atom. The molecule has 6 aromatic carbocycles. The molecule has 0 aliphatic carbocycles. The highest BCUT2D eigenvalue weighted by atomic mass is 35.5. The van der Waals surface area contributed by atoms with Crippen molar-refractivity contribution >= 4 is 58.9 Å². The summed E-state index contributed by atoms with van der Waals surface area (Å²) in [6, 6.07) is 40.4. The van der Waals surface area contributed by atoms with E-state index in [4.69, 9.17) is 39.4 Å². The summed E-state index contributed by atoms with van der Waals surface area (Å²) in [5.41, 5.74) is 16.0. The Balaban J connectivity index is 0.000000176. The molecule has 6 aliphatic heterocycles. The van der Waals surface area contributed by atoms with Crippen molar-refractivity contribution in [2.45, 2.75) is 143 Å². The molecule has 0 spiro atoms. The van der Waals surface area contributed by atoms with E-state index >= 15 is 4.39 Å². The van der Waals surface area contributed by atoms with Crippen molar-refractivity contribution in [2.24, 2.45) is 40.1 Å². The summed E-state index contributed by atoms with van der Waals surface area (Å²) in [4.78, 5) is 93.2. The molecule has 0 radical (unpaired) electrons. The third-order valence-electron chi connectivity index (χ3n) is 23.2. The highest BCUT2D eigenvalue weighted by Gasteiger charge is 2.44. The van der Waals surface area contributed by atoms with E-state index in [1.54, 1.807) is 72.4 Å². The Morgan fingerprint density at radius 1 is 0.418 bits per heavy atom. The number of halogens is 6. The van der Waals surface area contributed by atoms with Crippen molar-refractivity contribution in [2.75, 3.05) is 112 Å². The number of urea groups is 2. The minimum absolute atomic E-state index is 0.0204. The molecule has 12 rings (SSSR count). The van der Waals surface area contributed by atoms with Gasteiger partial charge in [0, 0.05) is 159 Å². The number of piperidine rings is 3. The van der Waals surface area contributed by atoms with E-state index < -0.39 is 12.1 Å². The Kier molecular flexibility index (Phi) is 29.4. The summed E-state index contributed by atoms with van der Waals surface area (Å²) in [5, 5.41) is 1.41. The number of nitrogens with zero attached hydrogens (tertiary/aromatic N) is 9. The van der Waals surface area contributed by atoms with Crippen LogP contribution in [0.1, 0.15) is 158 Å². The molecule has 8 amide bonds. The lowest BCUT2D eigenvalue weighted by Crippen LogP contribution is -2.60. The second-order valence-electron chi connectivity index (χ2n) is 32.7. The number of likely N-dealkylation sites (tertiary alicyclic amines) is 3. The third-order valence-corrected chi connectivity index (χ3v) is 23.7. The number of primary amides is 2. The molecule has 6 aromatic rings. The van der Waals surface area contributed by atoms with Gasteiger partial charge in [0.15, 0.2) is 0 Å². The highest BCUT2D eigenvalue weighted by Crippen LogP contribution is 2.41. The molecule has 6 heterocycles. The van der Waals surface area contributed by atoms with Crippen molar-refractivity contribution in [3.8, 4) is 0 Å². The Morgan fingerprint density at radius 2 is 0.727 bits per heavy atom. The maximum Gasteiger partial charge on any atom is 0.314 e. The van der Waals surface area contributed by atoms with Gasteiger partial charge < -0.3 is 45.6 Å². The lowest BCUT2D eigenvalue weighted by molar-refractivity contribution is -0.142. The van der Waals surface area contributed by atoms with Crippen LogP contribution in [-0.2, 0) is 23.9 Å². The largest absolute Gasteiger partial charge is 0.382 e. The molecule has 18 nitrogen and oxygen atoms in total. The van der Waals surface area contributed by atoms with Crippen LogP contribution in [-0.4, -0.2) is 210 Å². The standard InChI is InChI=1S/2C29H38F2N4O2.C28H35Cl2N3O3/c1-29(2,3)25-19-34(16-17-35(25)26(36)18-20-12-14-33(15-13-20)28(32)37)27(21-4-8-23(30)9-5-21)22-6-10-24(31)11-7-22;1-29(2,3)25-19-34(16-17-35(25)26(36)18-20-12-14-33(15-13-20)28(32)37)27(21-8-10-22(30)11-9-21)23-6-4-5-7-24(23)31;1-20(34)31-13-11-21(12-14-31)17-27(35)33-16-15-32(18-26(33)19-36-2)28(22-3-7-24(29)8-4-22)23-5-9-25(30)10-6-23/h2*4-11,20,25,27H,12-19H2,1-3H3,(H2,32,37);3-10,21,26,28H,11-19H2,1-2H3/t25-;25-,27?;26-/m111/s1. The topological polar surface area (TPSA) is 193 Å². The van der Waals surface area contributed by atoms with Gasteiger partial charge in [0.2, 0.25) is 23.6 Å². The number of carbonyl (C=O) groups excluding carboxylic acids is 6. The molecule has 4 N–H and O–H groups in total. The second kappa shape index (κ2) is 38.4. The molecular formula is C86H111Cl2F4N11O7. The molecule has 110 heavy (non-hydrogen) atoms. The summed E-state index contributed by atoms with van der Waals surface area (Å²) in [5.74, 6) is 0.145. The zero-order valence-corrected chi connectivity index (χ0v) is 66.5. The average molecular weight is 1560 g/mol. The van der Waals surface area contributed by atoms with Crippen LogP contribution in [0.15, 0.2) is 146 Å². The van der Waals surface area contributed by atoms with Crippen molar-refractivity contribution in [1.82, 2.24) is 44.1 Å². The number of hydrogen-bond acceptors (Lipinski definition) is 10. The smallest absolute Gasteiger partial charge is 0.314 e. The number of methoxy groups -OCH3 is 1. The van der Waals surface area contributed by atoms with Crippen molar-refractivity contribution in [1.29, 1.82) is 0 Å². The van der Waals surface area contributed by atoms with Crippen LogP contribution >= 0.6 is 23.2 Å². The monoisotopic (exact) mass is 1560 g/mol. The predicted octanol–water partition coefficient (Wildman–Crippen LogP) is 14.5. The first kappa shape index (κ1) is 84.3. The van der Waals surface area contributed by atoms with E-state index in [0.29, 0.717) is 126 Å². The van der Waals surface area contributed by atoms with Crippen LogP contribution in [0.5, 0.6) is 0 Å². The Labute approximate surface area is 657 Å². The first-order chi connectivity index (χ1) is 52.4. The van der Waals surface area contributed by atoms with Crippen LogP contribution < -0.4 is 11.5 Å². The third kappa shape index (κ3) is 22.4. The number of nitrogens with two attached hydrogens (primary N) is 2. The van der Waals surface area contributed by atoms with Gasteiger partial charge in [0.05, 0.1) is 30.8 Å². The molecule has 6 aliphatic rings. The van der Waals surface area contributed by atoms with Crippen LogP contribution in [0, 0.1) is 51.9 Å². The minimum atomic E-state index is -0.403. The lowest BCUT2D eigenvalue weighted by Gasteiger charge is -2.50. The van der Waals surface area contributed by atoms with Gasteiger partial charge >= 0.3 is 12.1 Å². The number of piperazine rings is 3. The number of ether oxygens (including phenoxy) is 1. The maximum absolute atomic E-state index is 15.0. The Bertz CT molecular complexity index is 3930. The zero-order valence-electron chi connectivity index (χ0n) is 65.0. The zero-order chi connectivity index (χ0) is 79.1. The number of hydrogen-bond donors (Lipinski definition) is 2. The van der Waals surface area contributed by atoms with Crippen molar-refractivity contribution in [3.63, 3.8) is 0 Å². The molecule has 594 valence electrons. The van der Waals surface area contributed by atoms with Gasteiger partial charge in [-0.3, -0.25) is 33.9 Å². The summed E-state index contributed by atoms with van der Waals surface area (Å²) in [6.07, 6.45) is 6.34. The first-order valence-electron chi connectivity index (χ1n) is 38.9. The SMILES string of the molecule is CC(C)(C)[C@H]1CN(C(c2ccc(F)cc2)c2ccc(F)cc2)CCN1C(=O)CC1CCN(C(N)=O)CC1.CC(C)(C)[C@H]1CN(C(c2ccc(F)cc2)c2ccccc2F)CCN1C(=O)CC1CCN(C(N)=O)CC1.COC[C@H]1CN(C(c2ccc(Cl)cc2)c2ccc(Cl)cc2)CCN1C(=O)CC1CCN(C(C)=O)CC1. The van der Waals surface area contributed by atoms with Crippen molar-refractivity contribution < 1.29 is 51.1 Å². The molecule has 0 aromatic heterocycles. The lowest BCUT2D eigenvalue weighted by atomic mass is 9.82. The number of carbonyl (C=O) groups is 6. The second-order valence-corrected chi connectivity index (χ2v) is 33.6. The van der Waals surface area contributed by atoms with E-state index in [2.05, 4.69) is 80.5 Å². The molecule has 6 fully saturated rings. The first-order valence-corrected chi connectivity index (χ1v) is 39.6.